The molecule has 0 aliphatic heterocycles. The number of halogens is 2. The fourth-order valence-electron chi connectivity index (χ4n) is 1.87. The van der Waals surface area contributed by atoms with Crippen LogP contribution in [0, 0.1) is 11.7 Å². The normalized spacial score (nSPS) is 24.2. The van der Waals surface area contributed by atoms with Crippen molar-refractivity contribution in [3.05, 3.63) is 34.6 Å². The van der Waals surface area contributed by atoms with Crippen molar-refractivity contribution in [2.75, 3.05) is 0 Å². The Morgan fingerprint density at radius 2 is 2.33 bits per heavy atom. The first kappa shape index (κ1) is 10.9. The van der Waals surface area contributed by atoms with Crippen molar-refractivity contribution in [1.29, 1.82) is 0 Å². The van der Waals surface area contributed by atoms with E-state index in [0.717, 1.165) is 11.5 Å². The van der Waals surface area contributed by atoms with Crippen molar-refractivity contribution in [3.8, 4) is 0 Å². The van der Waals surface area contributed by atoms with Crippen LogP contribution >= 0.6 is 11.6 Å². The number of nitrogens with one attached hydrogen (secondary N) is 1. The Morgan fingerprint density at radius 1 is 1.53 bits per heavy atom. The smallest absolute Gasteiger partial charge is 0.142 e. The van der Waals surface area contributed by atoms with E-state index >= 15 is 0 Å². The molecule has 1 aliphatic rings. The van der Waals surface area contributed by atoms with Crippen LogP contribution in [0.4, 0.5) is 4.39 Å². The molecule has 0 spiro atoms. The Balaban J connectivity index is 1.91. The number of benzene rings is 1. The molecule has 3 heteroatoms. The zero-order valence-electron chi connectivity index (χ0n) is 8.76. The average molecular weight is 228 g/mol. The lowest BCUT2D eigenvalue weighted by molar-refractivity contribution is 0.607. The third-order valence-electron chi connectivity index (χ3n) is 3.03. The van der Waals surface area contributed by atoms with E-state index in [1.54, 1.807) is 6.07 Å². The Labute approximate surface area is 94.6 Å². The molecule has 1 fully saturated rings. The quantitative estimate of drug-likeness (QED) is 0.832. The minimum Gasteiger partial charge on any atom is -0.310 e. The largest absolute Gasteiger partial charge is 0.310 e. The third-order valence-corrected chi connectivity index (χ3v) is 3.46. The SMILES string of the molecule is CCC1CC1NCc1cccc(F)c1Cl. The Hall–Kier alpha value is -0.600. The lowest BCUT2D eigenvalue weighted by Gasteiger charge is -2.06. The van der Waals surface area contributed by atoms with Gasteiger partial charge in [0.15, 0.2) is 0 Å². The van der Waals surface area contributed by atoms with Crippen LogP contribution in [0.2, 0.25) is 5.02 Å². The molecule has 0 saturated heterocycles. The van der Waals surface area contributed by atoms with Gasteiger partial charge in [-0.05, 0) is 24.0 Å². The first-order valence-corrected chi connectivity index (χ1v) is 5.76. The standard InChI is InChI=1S/C12H15ClFN/c1-2-8-6-11(8)15-7-9-4-3-5-10(14)12(9)13/h3-5,8,11,15H,2,6-7H2,1H3. The summed E-state index contributed by atoms with van der Waals surface area (Å²) in [5.74, 6) is 0.469. The summed E-state index contributed by atoms with van der Waals surface area (Å²) in [5, 5.41) is 3.64. The molecule has 15 heavy (non-hydrogen) atoms. The van der Waals surface area contributed by atoms with E-state index in [4.69, 9.17) is 11.6 Å². The maximum absolute atomic E-state index is 13.1. The molecule has 2 rings (SSSR count). The lowest BCUT2D eigenvalue weighted by Crippen LogP contribution is -2.17. The molecular weight excluding hydrogens is 213 g/mol. The summed E-state index contributed by atoms with van der Waals surface area (Å²) >= 11 is 5.85. The maximum Gasteiger partial charge on any atom is 0.142 e. The molecule has 82 valence electrons. The van der Waals surface area contributed by atoms with E-state index in [2.05, 4.69) is 12.2 Å². The molecule has 1 nitrogen and oxygen atoms in total. The van der Waals surface area contributed by atoms with Gasteiger partial charge in [0.1, 0.15) is 5.82 Å². The van der Waals surface area contributed by atoms with Gasteiger partial charge in [0.25, 0.3) is 0 Å². The first-order valence-electron chi connectivity index (χ1n) is 5.38. The van der Waals surface area contributed by atoms with Gasteiger partial charge < -0.3 is 5.32 Å². The summed E-state index contributed by atoms with van der Waals surface area (Å²) in [6, 6.07) is 5.55. The van der Waals surface area contributed by atoms with Crippen LogP contribution in [-0.4, -0.2) is 6.04 Å². The second kappa shape index (κ2) is 4.50. The van der Waals surface area contributed by atoms with Crippen LogP contribution in [0.5, 0.6) is 0 Å². The topological polar surface area (TPSA) is 12.0 Å². The van der Waals surface area contributed by atoms with Crippen molar-refractivity contribution in [2.45, 2.75) is 32.4 Å². The Kier molecular flexibility index (Phi) is 3.27. The summed E-state index contributed by atoms with van der Waals surface area (Å²) in [7, 11) is 0. The molecule has 1 aromatic rings. The van der Waals surface area contributed by atoms with Crippen molar-refractivity contribution < 1.29 is 4.39 Å². The van der Waals surface area contributed by atoms with Crippen LogP contribution in [0.15, 0.2) is 18.2 Å². The van der Waals surface area contributed by atoms with Gasteiger partial charge in [-0.15, -0.1) is 0 Å². The average Bonchev–Trinajstić information content (AvgIpc) is 2.99. The van der Waals surface area contributed by atoms with Gasteiger partial charge in [-0.25, -0.2) is 4.39 Å². The molecule has 1 N–H and O–H groups in total. The van der Waals surface area contributed by atoms with Crippen LogP contribution in [0.1, 0.15) is 25.3 Å². The van der Waals surface area contributed by atoms with Gasteiger partial charge in [0, 0.05) is 12.6 Å². The van der Waals surface area contributed by atoms with E-state index in [9.17, 15) is 4.39 Å². The zero-order chi connectivity index (χ0) is 10.8. The monoisotopic (exact) mass is 227 g/mol. The van der Waals surface area contributed by atoms with Crippen molar-refractivity contribution in [1.82, 2.24) is 5.32 Å². The minimum absolute atomic E-state index is 0.249. The van der Waals surface area contributed by atoms with Crippen molar-refractivity contribution in [3.63, 3.8) is 0 Å². The Bertz CT molecular complexity index is 353. The van der Waals surface area contributed by atoms with Crippen LogP contribution in [0.3, 0.4) is 0 Å². The molecule has 0 bridgehead atoms. The second-order valence-electron chi connectivity index (χ2n) is 4.10. The molecule has 0 aromatic heterocycles. The van der Waals surface area contributed by atoms with Crippen LogP contribution in [0.25, 0.3) is 0 Å². The van der Waals surface area contributed by atoms with Gasteiger partial charge in [0.2, 0.25) is 0 Å². The minimum atomic E-state index is -0.334. The molecule has 1 aliphatic carbocycles. The highest BCUT2D eigenvalue weighted by molar-refractivity contribution is 6.31. The first-order chi connectivity index (χ1) is 7.22. The van der Waals surface area contributed by atoms with Gasteiger partial charge in [-0.2, -0.15) is 0 Å². The molecule has 1 aromatic carbocycles. The fourth-order valence-corrected chi connectivity index (χ4v) is 2.07. The third kappa shape index (κ3) is 2.50. The lowest BCUT2D eigenvalue weighted by atomic mass is 10.2. The summed E-state index contributed by atoms with van der Waals surface area (Å²) in [6.07, 6.45) is 2.46. The number of hydrogen-bond acceptors (Lipinski definition) is 1. The van der Waals surface area contributed by atoms with Crippen molar-refractivity contribution >= 4 is 11.6 Å². The summed E-state index contributed by atoms with van der Waals surface area (Å²) in [5.41, 5.74) is 0.846. The number of rotatable bonds is 4. The zero-order valence-corrected chi connectivity index (χ0v) is 9.52. The fraction of sp³-hybridized carbons (Fsp3) is 0.500. The predicted octanol–water partition coefficient (Wildman–Crippen LogP) is 3.37. The van der Waals surface area contributed by atoms with E-state index < -0.39 is 0 Å². The van der Waals surface area contributed by atoms with Crippen LogP contribution in [-0.2, 0) is 6.54 Å². The number of hydrogen-bond donors (Lipinski definition) is 1. The molecule has 0 radical (unpaired) electrons. The van der Waals surface area contributed by atoms with Gasteiger partial charge in [0.05, 0.1) is 5.02 Å². The van der Waals surface area contributed by atoms with Gasteiger partial charge >= 0.3 is 0 Å². The molecule has 2 unspecified atom stereocenters. The molecule has 1 saturated carbocycles. The second-order valence-corrected chi connectivity index (χ2v) is 4.48. The highest BCUT2D eigenvalue weighted by atomic mass is 35.5. The highest BCUT2D eigenvalue weighted by Gasteiger charge is 2.34. The van der Waals surface area contributed by atoms with E-state index in [0.29, 0.717) is 12.6 Å². The molecular formula is C12H15ClFN. The van der Waals surface area contributed by atoms with Crippen LogP contribution < -0.4 is 5.32 Å². The predicted molar refractivity (Wildman–Crippen MR) is 60.4 cm³/mol. The van der Waals surface area contributed by atoms with Gasteiger partial charge in [-0.1, -0.05) is 37.1 Å². The molecule has 0 heterocycles. The van der Waals surface area contributed by atoms with Crippen molar-refractivity contribution in [2.24, 2.45) is 5.92 Å². The van der Waals surface area contributed by atoms with Gasteiger partial charge in [-0.3, -0.25) is 0 Å². The van der Waals surface area contributed by atoms with E-state index in [1.807, 2.05) is 6.07 Å². The maximum atomic E-state index is 13.1. The highest BCUT2D eigenvalue weighted by Crippen LogP contribution is 2.33. The summed E-state index contributed by atoms with van der Waals surface area (Å²) in [4.78, 5) is 0. The Morgan fingerprint density at radius 3 is 3.00 bits per heavy atom. The van der Waals surface area contributed by atoms with E-state index in [1.165, 1.54) is 18.9 Å². The van der Waals surface area contributed by atoms with E-state index in [-0.39, 0.29) is 10.8 Å². The summed E-state index contributed by atoms with van der Waals surface area (Å²) < 4.78 is 13.1. The molecule has 2 atom stereocenters. The summed E-state index contributed by atoms with van der Waals surface area (Å²) in [6.45, 7) is 2.86. The molecule has 0 amide bonds.